The highest BCUT2D eigenvalue weighted by Crippen LogP contribution is 2.23. The number of aliphatic hydroxyl groups is 5. The summed E-state index contributed by atoms with van der Waals surface area (Å²) >= 11 is 0. The fourth-order valence-corrected chi connectivity index (χ4v) is 7.57. The van der Waals surface area contributed by atoms with Crippen LogP contribution >= 0.6 is 0 Å². The number of rotatable bonds is 39. The molecule has 326 valence electrons. The number of ether oxygens (including phenoxy) is 2. The van der Waals surface area contributed by atoms with E-state index in [1.165, 1.54) is 154 Å². The zero-order valence-electron chi connectivity index (χ0n) is 35.7. The third kappa shape index (κ3) is 28.1. The lowest BCUT2D eigenvalue weighted by molar-refractivity contribution is -0.302. The van der Waals surface area contributed by atoms with E-state index in [4.69, 9.17) is 9.47 Å². The summed E-state index contributed by atoms with van der Waals surface area (Å²) in [5, 5.41) is 54.3. The number of hydrogen-bond acceptors (Lipinski definition) is 8. The van der Waals surface area contributed by atoms with E-state index in [2.05, 4.69) is 31.3 Å². The van der Waals surface area contributed by atoms with Gasteiger partial charge in [0.2, 0.25) is 5.91 Å². The molecule has 6 N–H and O–H groups in total. The Morgan fingerprint density at radius 2 is 1.02 bits per heavy atom. The number of carbonyl (C=O) groups is 1. The lowest BCUT2D eigenvalue weighted by Gasteiger charge is -2.40. The van der Waals surface area contributed by atoms with Crippen LogP contribution in [0.3, 0.4) is 0 Å². The van der Waals surface area contributed by atoms with Crippen molar-refractivity contribution in [3.05, 3.63) is 12.2 Å². The molecule has 1 amide bonds. The highest BCUT2D eigenvalue weighted by molar-refractivity contribution is 5.76. The second kappa shape index (κ2) is 37.2. The van der Waals surface area contributed by atoms with Crippen molar-refractivity contribution in [2.45, 2.75) is 262 Å². The zero-order chi connectivity index (χ0) is 40.2. The zero-order valence-corrected chi connectivity index (χ0v) is 35.7. The van der Waals surface area contributed by atoms with E-state index in [0.717, 1.165) is 38.5 Å². The van der Waals surface area contributed by atoms with Gasteiger partial charge < -0.3 is 40.3 Å². The first-order valence-corrected chi connectivity index (χ1v) is 23.4. The van der Waals surface area contributed by atoms with Crippen molar-refractivity contribution in [3.8, 4) is 0 Å². The van der Waals surface area contributed by atoms with E-state index in [1.807, 2.05) is 0 Å². The van der Waals surface area contributed by atoms with Gasteiger partial charge in [0.1, 0.15) is 24.4 Å². The van der Waals surface area contributed by atoms with Crippen molar-refractivity contribution in [1.82, 2.24) is 5.32 Å². The molecule has 1 saturated heterocycles. The van der Waals surface area contributed by atoms with Crippen LogP contribution in [0, 0.1) is 0 Å². The van der Waals surface area contributed by atoms with Gasteiger partial charge >= 0.3 is 0 Å². The molecule has 7 unspecified atom stereocenters. The van der Waals surface area contributed by atoms with Crippen LogP contribution in [0.2, 0.25) is 0 Å². The Bertz CT molecular complexity index is 873. The Kier molecular flexibility index (Phi) is 35.2. The first-order chi connectivity index (χ1) is 26.8. The molecule has 0 spiro atoms. The van der Waals surface area contributed by atoms with Crippen molar-refractivity contribution in [3.63, 3.8) is 0 Å². The van der Waals surface area contributed by atoms with E-state index < -0.39 is 49.5 Å². The van der Waals surface area contributed by atoms with E-state index >= 15 is 0 Å². The van der Waals surface area contributed by atoms with Crippen LogP contribution in [-0.4, -0.2) is 87.5 Å². The summed E-state index contributed by atoms with van der Waals surface area (Å²) in [6, 6.07) is -0.715. The minimum atomic E-state index is -1.55. The third-order valence-electron chi connectivity index (χ3n) is 11.4. The molecular weight excluding hydrogens is 695 g/mol. The van der Waals surface area contributed by atoms with Crippen LogP contribution in [0.25, 0.3) is 0 Å². The lowest BCUT2D eigenvalue weighted by Crippen LogP contribution is -2.60. The minimum Gasteiger partial charge on any atom is -0.394 e. The average molecular weight is 784 g/mol. The van der Waals surface area contributed by atoms with E-state index in [0.29, 0.717) is 12.8 Å². The van der Waals surface area contributed by atoms with Gasteiger partial charge in [-0.25, -0.2) is 0 Å². The van der Waals surface area contributed by atoms with Gasteiger partial charge in [-0.3, -0.25) is 4.79 Å². The van der Waals surface area contributed by atoms with Gasteiger partial charge in [-0.05, 0) is 38.5 Å². The van der Waals surface area contributed by atoms with Crippen LogP contribution in [0.5, 0.6) is 0 Å². The lowest BCUT2D eigenvalue weighted by atomic mass is 9.99. The van der Waals surface area contributed by atoms with Gasteiger partial charge in [-0.15, -0.1) is 0 Å². The van der Waals surface area contributed by atoms with Crippen molar-refractivity contribution in [2.24, 2.45) is 0 Å². The molecule has 1 rings (SSSR count). The van der Waals surface area contributed by atoms with Crippen molar-refractivity contribution in [1.29, 1.82) is 0 Å². The molecule has 0 radical (unpaired) electrons. The average Bonchev–Trinajstić information content (AvgIpc) is 3.18. The van der Waals surface area contributed by atoms with Gasteiger partial charge in [0.15, 0.2) is 6.29 Å². The van der Waals surface area contributed by atoms with Gasteiger partial charge in [0.25, 0.3) is 0 Å². The molecule has 55 heavy (non-hydrogen) atoms. The third-order valence-corrected chi connectivity index (χ3v) is 11.4. The van der Waals surface area contributed by atoms with Gasteiger partial charge in [0, 0.05) is 6.42 Å². The molecule has 0 aliphatic carbocycles. The minimum absolute atomic E-state index is 0.135. The smallest absolute Gasteiger partial charge is 0.220 e. The first kappa shape index (κ1) is 51.9. The van der Waals surface area contributed by atoms with Crippen molar-refractivity contribution in [2.75, 3.05) is 13.2 Å². The fourth-order valence-electron chi connectivity index (χ4n) is 7.57. The standard InChI is InChI=1S/C46H89NO8/c1-3-5-7-9-11-13-15-17-18-19-20-21-22-24-26-28-30-32-34-36-42(50)47-39(38-54-46-45(53)44(52)43(51)41(37-48)55-46)40(49)35-33-31-29-27-25-23-16-14-12-10-8-6-4-2/h17-18,39-41,43-46,48-49,51-53H,3-16,19-38H2,1-2H3,(H,47,50)/b18-17-. The molecule has 0 aromatic carbocycles. The molecule has 1 fully saturated rings. The molecule has 1 aliphatic rings. The SMILES string of the molecule is CCCCCCCC/C=C\CCCCCCCCCCCC(=O)NC(COC1OC(CO)C(O)C(O)C1O)C(O)CCCCCCCCCCCCCCC. The predicted molar refractivity (Wildman–Crippen MR) is 226 cm³/mol. The molecule has 1 heterocycles. The Hall–Kier alpha value is -1.07. The van der Waals surface area contributed by atoms with Crippen LogP contribution in [0.1, 0.15) is 219 Å². The fraction of sp³-hybridized carbons (Fsp3) is 0.935. The predicted octanol–water partition coefficient (Wildman–Crippen LogP) is 9.73. The highest BCUT2D eigenvalue weighted by atomic mass is 16.7. The number of allylic oxidation sites excluding steroid dienone is 2. The number of hydrogen-bond donors (Lipinski definition) is 6. The second-order valence-electron chi connectivity index (χ2n) is 16.6. The molecule has 0 aromatic heterocycles. The summed E-state index contributed by atoms with van der Waals surface area (Å²) in [7, 11) is 0. The Balaban J connectivity index is 2.30. The van der Waals surface area contributed by atoms with Crippen LogP contribution in [0.4, 0.5) is 0 Å². The molecular formula is C46H89NO8. The first-order valence-electron chi connectivity index (χ1n) is 23.4. The van der Waals surface area contributed by atoms with Crippen molar-refractivity contribution >= 4 is 5.91 Å². The normalized spacial score (nSPS) is 21.3. The molecule has 0 saturated carbocycles. The van der Waals surface area contributed by atoms with E-state index in [1.54, 1.807) is 0 Å². The summed E-state index contributed by atoms with van der Waals surface area (Å²) in [4.78, 5) is 13.0. The molecule has 9 heteroatoms. The summed E-state index contributed by atoms with van der Waals surface area (Å²) in [6.45, 7) is 3.83. The van der Waals surface area contributed by atoms with Gasteiger partial charge in [-0.2, -0.15) is 0 Å². The molecule has 0 aromatic rings. The number of carbonyl (C=O) groups excluding carboxylic acids is 1. The summed E-state index contributed by atoms with van der Waals surface area (Å²) in [5.74, 6) is -0.146. The summed E-state index contributed by atoms with van der Waals surface area (Å²) in [6.07, 6.45) is 35.0. The maximum Gasteiger partial charge on any atom is 0.220 e. The molecule has 1 aliphatic heterocycles. The number of unbranched alkanes of at least 4 members (excludes halogenated alkanes) is 27. The van der Waals surface area contributed by atoms with Gasteiger partial charge in [0.05, 0.1) is 25.4 Å². The monoisotopic (exact) mass is 784 g/mol. The van der Waals surface area contributed by atoms with E-state index in [-0.39, 0.29) is 12.5 Å². The molecule has 0 bridgehead atoms. The summed E-state index contributed by atoms with van der Waals surface area (Å²) < 4.78 is 11.3. The van der Waals surface area contributed by atoms with E-state index in [9.17, 15) is 30.3 Å². The maximum absolute atomic E-state index is 13.0. The Morgan fingerprint density at radius 1 is 0.600 bits per heavy atom. The topological polar surface area (TPSA) is 149 Å². The van der Waals surface area contributed by atoms with Crippen LogP contribution in [0.15, 0.2) is 12.2 Å². The number of nitrogens with one attached hydrogen (secondary N) is 1. The molecule has 9 nitrogen and oxygen atoms in total. The Labute approximate surface area is 337 Å². The number of amides is 1. The number of aliphatic hydroxyl groups excluding tert-OH is 5. The summed E-state index contributed by atoms with van der Waals surface area (Å²) in [5.41, 5.74) is 0. The van der Waals surface area contributed by atoms with Crippen LogP contribution in [-0.2, 0) is 14.3 Å². The van der Waals surface area contributed by atoms with Crippen LogP contribution < -0.4 is 5.32 Å². The quantitative estimate of drug-likeness (QED) is 0.0267. The second-order valence-corrected chi connectivity index (χ2v) is 16.6. The molecule has 7 atom stereocenters. The largest absolute Gasteiger partial charge is 0.394 e. The maximum atomic E-state index is 13.0. The van der Waals surface area contributed by atoms with Crippen molar-refractivity contribution < 1.29 is 39.8 Å². The van der Waals surface area contributed by atoms with Gasteiger partial charge in [-0.1, -0.05) is 187 Å². The Morgan fingerprint density at radius 3 is 1.47 bits per heavy atom. The highest BCUT2D eigenvalue weighted by Gasteiger charge is 2.44.